The van der Waals surface area contributed by atoms with E-state index in [1.54, 1.807) is 5.57 Å². The van der Waals surface area contributed by atoms with Crippen molar-refractivity contribution in [3.8, 4) is 0 Å². The molecule has 3 saturated carbocycles. The van der Waals surface area contributed by atoms with Gasteiger partial charge in [0, 0.05) is 0 Å². The summed E-state index contributed by atoms with van der Waals surface area (Å²) in [7, 11) is 0. The quantitative estimate of drug-likeness (QED) is 0.488. The van der Waals surface area contributed by atoms with E-state index in [1.807, 2.05) is 0 Å². The highest BCUT2D eigenvalue weighted by Gasteiger charge is 2.59. The molecule has 4 rings (SSSR count). The second kappa shape index (κ2) is 7.75. The van der Waals surface area contributed by atoms with Gasteiger partial charge in [0.15, 0.2) is 0 Å². The Kier molecular flexibility index (Phi) is 5.80. The molecule has 0 aromatic heterocycles. The zero-order chi connectivity index (χ0) is 20.1. The fourth-order valence-corrected chi connectivity index (χ4v) is 8.77. The van der Waals surface area contributed by atoms with Crippen molar-refractivity contribution in [1.82, 2.24) is 0 Å². The molecule has 1 nitrogen and oxygen atoms in total. The van der Waals surface area contributed by atoms with Gasteiger partial charge in [0.2, 0.25) is 0 Å². The van der Waals surface area contributed by atoms with Crippen LogP contribution in [0, 0.1) is 46.3 Å². The van der Waals surface area contributed by atoms with Crippen LogP contribution in [0.4, 0.5) is 0 Å². The van der Waals surface area contributed by atoms with E-state index in [0.29, 0.717) is 10.8 Å². The lowest BCUT2D eigenvalue weighted by molar-refractivity contribution is -0.0636. The van der Waals surface area contributed by atoms with Gasteiger partial charge in [-0.1, -0.05) is 65.5 Å². The van der Waals surface area contributed by atoms with Crippen LogP contribution in [0.1, 0.15) is 105 Å². The van der Waals surface area contributed by atoms with Gasteiger partial charge in [-0.2, -0.15) is 0 Å². The smallest absolute Gasteiger partial charge is 0.0551 e. The fraction of sp³-hybridized carbons (Fsp3) is 0.926. The molecule has 0 radical (unpaired) electrons. The molecule has 0 aliphatic heterocycles. The van der Waals surface area contributed by atoms with Crippen molar-refractivity contribution in [2.45, 2.75) is 111 Å². The number of aliphatic hydroxyl groups excluding tert-OH is 1. The molecule has 0 spiro atoms. The second-order valence-corrected chi connectivity index (χ2v) is 12.2. The van der Waals surface area contributed by atoms with E-state index in [-0.39, 0.29) is 6.10 Å². The molecule has 1 N–H and O–H groups in total. The first-order chi connectivity index (χ1) is 13.3. The Morgan fingerprint density at radius 1 is 1.04 bits per heavy atom. The minimum atomic E-state index is -0.0634. The van der Waals surface area contributed by atoms with E-state index in [0.717, 1.165) is 54.8 Å². The number of hydrogen-bond donors (Lipinski definition) is 1. The second-order valence-electron chi connectivity index (χ2n) is 12.2. The van der Waals surface area contributed by atoms with Gasteiger partial charge in [0.25, 0.3) is 0 Å². The summed E-state index contributed by atoms with van der Waals surface area (Å²) >= 11 is 0. The number of rotatable bonds is 5. The van der Waals surface area contributed by atoms with Gasteiger partial charge >= 0.3 is 0 Å². The predicted octanol–water partition coefficient (Wildman–Crippen LogP) is 7.39. The largest absolute Gasteiger partial charge is 0.393 e. The van der Waals surface area contributed by atoms with E-state index in [2.05, 4.69) is 40.7 Å². The predicted molar refractivity (Wildman–Crippen MR) is 119 cm³/mol. The maximum Gasteiger partial charge on any atom is 0.0551 e. The highest BCUT2D eigenvalue weighted by atomic mass is 16.3. The lowest BCUT2D eigenvalue weighted by Gasteiger charge is -2.58. The van der Waals surface area contributed by atoms with Crippen molar-refractivity contribution in [1.29, 1.82) is 0 Å². The molecule has 1 heteroatoms. The molecule has 0 aromatic carbocycles. The minimum absolute atomic E-state index is 0.0634. The molecular weight excluding hydrogens is 340 g/mol. The Hall–Kier alpha value is -0.300. The van der Waals surface area contributed by atoms with E-state index in [9.17, 15) is 5.11 Å². The van der Waals surface area contributed by atoms with Crippen molar-refractivity contribution >= 4 is 0 Å². The van der Waals surface area contributed by atoms with Gasteiger partial charge < -0.3 is 5.11 Å². The zero-order valence-corrected chi connectivity index (χ0v) is 19.3. The lowest BCUT2D eigenvalue weighted by Crippen LogP contribution is -2.51. The molecule has 0 amide bonds. The Labute approximate surface area is 174 Å². The zero-order valence-electron chi connectivity index (χ0n) is 19.3. The third-order valence-electron chi connectivity index (χ3n) is 10.2. The monoisotopic (exact) mass is 386 g/mol. The van der Waals surface area contributed by atoms with Crippen molar-refractivity contribution in [2.24, 2.45) is 46.3 Å². The average molecular weight is 387 g/mol. The van der Waals surface area contributed by atoms with Crippen molar-refractivity contribution in [3.63, 3.8) is 0 Å². The van der Waals surface area contributed by atoms with Crippen LogP contribution in [0.2, 0.25) is 0 Å². The van der Waals surface area contributed by atoms with Gasteiger partial charge in [-0.05, 0) is 97.7 Å². The van der Waals surface area contributed by atoms with Gasteiger partial charge in [0.05, 0.1) is 6.10 Å². The average Bonchev–Trinajstić information content (AvgIpc) is 2.98. The van der Waals surface area contributed by atoms with E-state index >= 15 is 0 Å². The van der Waals surface area contributed by atoms with Gasteiger partial charge in [-0.25, -0.2) is 0 Å². The molecule has 4 aliphatic carbocycles. The SMILES string of the molecule is CC(C)CCC[C@@H](C)[C@H]1CCC2C3CC=C4CCC(O)C[C@]4(C)C3CC[C@@]21C. The van der Waals surface area contributed by atoms with Gasteiger partial charge in [-0.15, -0.1) is 0 Å². The molecular formula is C27H46O. The molecule has 8 atom stereocenters. The van der Waals surface area contributed by atoms with Gasteiger partial charge in [0.1, 0.15) is 0 Å². The first-order valence-electron chi connectivity index (χ1n) is 12.6. The molecule has 28 heavy (non-hydrogen) atoms. The van der Waals surface area contributed by atoms with Crippen LogP contribution in [0.25, 0.3) is 0 Å². The Morgan fingerprint density at radius 3 is 2.57 bits per heavy atom. The van der Waals surface area contributed by atoms with Crippen LogP contribution in [-0.4, -0.2) is 11.2 Å². The summed E-state index contributed by atoms with van der Waals surface area (Å²) in [5.74, 6) is 5.33. The molecule has 160 valence electrons. The molecule has 4 unspecified atom stereocenters. The molecule has 0 saturated heterocycles. The van der Waals surface area contributed by atoms with E-state index < -0.39 is 0 Å². The lowest BCUT2D eigenvalue weighted by atomic mass is 9.47. The summed E-state index contributed by atoms with van der Waals surface area (Å²) in [5, 5.41) is 10.5. The number of aliphatic hydroxyl groups is 1. The van der Waals surface area contributed by atoms with Crippen LogP contribution in [0.3, 0.4) is 0 Å². The number of hydrogen-bond acceptors (Lipinski definition) is 1. The standard InChI is InChI=1S/C27H46O/c1-18(2)7-6-8-19(3)23-13-14-24-22-12-10-20-9-11-21(28)17-27(20,5)25(22)15-16-26(23,24)4/h10,18-19,21-25,28H,6-9,11-17H2,1-5H3/t19-,21?,22?,23-,24?,25?,26-,27+/m1/s1. The normalized spacial score (nSPS) is 46.5. The molecule has 0 heterocycles. The van der Waals surface area contributed by atoms with Crippen LogP contribution < -0.4 is 0 Å². The van der Waals surface area contributed by atoms with E-state index in [4.69, 9.17) is 0 Å². The maximum absolute atomic E-state index is 10.5. The Morgan fingerprint density at radius 2 is 1.82 bits per heavy atom. The molecule has 3 fully saturated rings. The summed E-state index contributed by atoms with van der Waals surface area (Å²) in [5.41, 5.74) is 2.58. The van der Waals surface area contributed by atoms with Crippen molar-refractivity contribution in [2.75, 3.05) is 0 Å². The highest BCUT2D eigenvalue weighted by molar-refractivity contribution is 5.25. The molecule has 0 aromatic rings. The van der Waals surface area contributed by atoms with Crippen LogP contribution in [0.15, 0.2) is 11.6 Å². The first-order valence-corrected chi connectivity index (χ1v) is 12.6. The molecule has 0 bridgehead atoms. The summed E-state index contributed by atoms with van der Waals surface area (Å²) in [4.78, 5) is 0. The van der Waals surface area contributed by atoms with Gasteiger partial charge in [-0.3, -0.25) is 0 Å². The topological polar surface area (TPSA) is 20.2 Å². The summed E-state index contributed by atoms with van der Waals surface area (Å²) in [6.45, 7) is 12.5. The van der Waals surface area contributed by atoms with Crippen LogP contribution in [-0.2, 0) is 0 Å². The fourth-order valence-electron chi connectivity index (χ4n) is 8.77. The van der Waals surface area contributed by atoms with Crippen LogP contribution in [0.5, 0.6) is 0 Å². The Balaban J connectivity index is 1.50. The third kappa shape index (κ3) is 3.42. The summed E-state index contributed by atoms with van der Waals surface area (Å²) in [6.07, 6.45) is 17.1. The third-order valence-corrected chi connectivity index (χ3v) is 10.2. The summed E-state index contributed by atoms with van der Waals surface area (Å²) < 4.78 is 0. The molecule has 4 aliphatic rings. The van der Waals surface area contributed by atoms with Crippen molar-refractivity contribution < 1.29 is 5.11 Å². The number of allylic oxidation sites excluding steroid dienone is 2. The summed E-state index contributed by atoms with van der Waals surface area (Å²) in [6, 6.07) is 0. The van der Waals surface area contributed by atoms with E-state index in [1.165, 1.54) is 51.4 Å². The Bertz CT molecular complexity index is 591. The maximum atomic E-state index is 10.5. The van der Waals surface area contributed by atoms with Crippen molar-refractivity contribution in [3.05, 3.63) is 11.6 Å². The minimum Gasteiger partial charge on any atom is -0.393 e. The van der Waals surface area contributed by atoms with Crippen LogP contribution >= 0.6 is 0 Å². The number of fused-ring (bicyclic) bond motifs is 5. The first kappa shape index (κ1) is 21.0. The highest BCUT2D eigenvalue weighted by Crippen LogP contribution is 2.67.